The summed E-state index contributed by atoms with van der Waals surface area (Å²) in [4.78, 5) is 4.39. The molecule has 1 saturated heterocycles. The van der Waals surface area contributed by atoms with Gasteiger partial charge in [0.25, 0.3) is 0 Å². The Morgan fingerprint density at radius 3 is 2.63 bits per heavy atom. The molecule has 1 aliphatic rings. The maximum atomic E-state index is 13.3. The van der Waals surface area contributed by atoms with E-state index in [2.05, 4.69) is 25.3 Å². The highest BCUT2D eigenvalue weighted by molar-refractivity contribution is 6.30. The number of rotatable bonds is 7. The first kappa shape index (κ1) is 19.7. The molecule has 0 saturated carbocycles. The highest BCUT2D eigenvalue weighted by Gasteiger charge is 2.23. The van der Waals surface area contributed by atoms with Gasteiger partial charge >= 0.3 is 0 Å². The Bertz CT molecular complexity index is 793. The topological polar surface area (TPSA) is 98.2 Å². The smallest absolute Gasteiger partial charge is 0.157 e. The van der Waals surface area contributed by atoms with Crippen molar-refractivity contribution >= 4 is 17.3 Å². The molecular weight excluding hydrogens is 377 g/mol. The Hall–Kier alpha value is -2.07. The van der Waals surface area contributed by atoms with E-state index in [1.54, 1.807) is 6.07 Å². The largest absolute Gasteiger partial charge is 0.411 e. The molecule has 146 valence electrons. The van der Waals surface area contributed by atoms with E-state index < -0.39 is 5.82 Å². The summed E-state index contributed by atoms with van der Waals surface area (Å²) >= 11 is 5.81. The Balaban J connectivity index is 1.67. The molecule has 0 aliphatic carbocycles. The molecule has 1 aliphatic heterocycles. The number of aliphatic hydroxyl groups excluding tert-OH is 1. The first-order valence-corrected chi connectivity index (χ1v) is 9.00. The lowest BCUT2D eigenvalue weighted by Crippen LogP contribution is -2.46. The third kappa shape index (κ3) is 5.01. The van der Waals surface area contributed by atoms with Crippen LogP contribution in [0.15, 0.2) is 28.0 Å². The number of aromatic nitrogens is 2. The van der Waals surface area contributed by atoms with Crippen molar-refractivity contribution in [3.8, 4) is 0 Å². The molecule has 0 atom stereocenters. The van der Waals surface area contributed by atoms with Gasteiger partial charge in [-0.15, -0.1) is 0 Å². The summed E-state index contributed by atoms with van der Waals surface area (Å²) in [5, 5.41) is 29.6. The molecule has 0 radical (unpaired) electrons. The van der Waals surface area contributed by atoms with Crippen LogP contribution in [-0.2, 0) is 13.0 Å². The average Bonchev–Trinajstić information content (AvgIpc) is 3.12. The predicted molar refractivity (Wildman–Crippen MR) is 96.5 cm³/mol. The van der Waals surface area contributed by atoms with Gasteiger partial charge in [0.1, 0.15) is 17.2 Å². The molecular formula is C17H21ClFN5O3. The zero-order valence-corrected chi connectivity index (χ0v) is 15.4. The molecule has 2 aromatic rings. The fourth-order valence-electron chi connectivity index (χ4n) is 3.06. The second-order valence-corrected chi connectivity index (χ2v) is 6.78. The number of β-amino-alcohol motifs (C(OH)–C–C–N with tert-alkyl or cyclic N) is 1. The van der Waals surface area contributed by atoms with Crippen LogP contribution in [0.3, 0.4) is 0 Å². The van der Waals surface area contributed by atoms with E-state index in [4.69, 9.17) is 21.3 Å². The molecule has 2 heterocycles. The zero-order valence-electron chi connectivity index (χ0n) is 14.7. The first-order chi connectivity index (χ1) is 13.1. The maximum absolute atomic E-state index is 13.3. The van der Waals surface area contributed by atoms with Crippen LogP contribution in [0.4, 0.5) is 4.39 Å². The van der Waals surface area contributed by atoms with Gasteiger partial charge in [0, 0.05) is 45.7 Å². The first-order valence-electron chi connectivity index (χ1n) is 8.63. The minimum absolute atomic E-state index is 0.00374. The summed E-state index contributed by atoms with van der Waals surface area (Å²) < 4.78 is 18.2. The third-order valence-corrected chi connectivity index (χ3v) is 4.85. The standard InChI is InChI=1S/C17H21ClFN5O3/c18-13-9-12(1-2-14(13)19)10-15(20-26)17-16(21-27-22-17)11-24-5-3-23(4-6-24)7-8-25/h1-2,9,25-26H,3-8,10-11H2. The maximum Gasteiger partial charge on any atom is 0.157 e. The summed E-state index contributed by atoms with van der Waals surface area (Å²) in [5.74, 6) is -0.507. The molecule has 1 aromatic carbocycles. The highest BCUT2D eigenvalue weighted by atomic mass is 35.5. The van der Waals surface area contributed by atoms with Crippen LogP contribution in [0.2, 0.25) is 5.02 Å². The monoisotopic (exact) mass is 397 g/mol. The van der Waals surface area contributed by atoms with Crippen molar-refractivity contribution in [3.63, 3.8) is 0 Å². The molecule has 1 fully saturated rings. The molecule has 10 heteroatoms. The summed E-state index contributed by atoms with van der Waals surface area (Å²) in [6, 6.07) is 4.32. The van der Waals surface area contributed by atoms with Crippen molar-refractivity contribution in [1.82, 2.24) is 20.1 Å². The number of piperazine rings is 1. The van der Waals surface area contributed by atoms with Crippen molar-refractivity contribution in [2.24, 2.45) is 5.16 Å². The van der Waals surface area contributed by atoms with Crippen molar-refractivity contribution in [2.45, 2.75) is 13.0 Å². The molecule has 2 N–H and O–H groups in total. The second-order valence-electron chi connectivity index (χ2n) is 6.37. The highest BCUT2D eigenvalue weighted by Crippen LogP contribution is 2.19. The quantitative estimate of drug-likeness (QED) is 0.414. The fourth-order valence-corrected chi connectivity index (χ4v) is 3.27. The molecule has 1 aromatic heterocycles. The van der Waals surface area contributed by atoms with Crippen molar-refractivity contribution in [2.75, 3.05) is 39.3 Å². The predicted octanol–water partition coefficient (Wildman–Crippen LogP) is 1.39. The van der Waals surface area contributed by atoms with Gasteiger partial charge in [0.05, 0.1) is 11.6 Å². The molecule has 0 unspecified atom stereocenters. The van der Waals surface area contributed by atoms with Crippen molar-refractivity contribution < 1.29 is 19.3 Å². The van der Waals surface area contributed by atoms with Gasteiger partial charge in [-0.2, -0.15) is 0 Å². The molecule has 3 rings (SSSR count). The SMILES string of the molecule is OCCN1CCN(Cc2nonc2C(Cc2ccc(F)c(Cl)c2)=NO)CC1. The minimum Gasteiger partial charge on any atom is -0.411 e. The van der Waals surface area contributed by atoms with Crippen LogP contribution in [0.25, 0.3) is 0 Å². The normalized spacial score (nSPS) is 16.8. The van der Waals surface area contributed by atoms with E-state index in [9.17, 15) is 9.60 Å². The number of benzene rings is 1. The number of nitrogens with zero attached hydrogens (tertiary/aromatic N) is 5. The van der Waals surface area contributed by atoms with E-state index in [0.29, 0.717) is 30.0 Å². The lowest BCUT2D eigenvalue weighted by molar-refractivity contribution is 0.107. The Kier molecular flexibility index (Phi) is 6.73. The van der Waals surface area contributed by atoms with Crippen molar-refractivity contribution in [1.29, 1.82) is 0 Å². The van der Waals surface area contributed by atoms with Crippen LogP contribution < -0.4 is 0 Å². The summed E-state index contributed by atoms with van der Waals surface area (Å²) in [7, 11) is 0. The molecule has 8 nitrogen and oxygen atoms in total. The number of hydrogen-bond acceptors (Lipinski definition) is 8. The van der Waals surface area contributed by atoms with Crippen molar-refractivity contribution in [3.05, 3.63) is 46.0 Å². The molecule has 0 amide bonds. The lowest BCUT2D eigenvalue weighted by Gasteiger charge is -2.33. The van der Waals surface area contributed by atoms with Gasteiger partial charge in [-0.25, -0.2) is 9.02 Å². The van der Waals surface area contributed by atoms with Crippen LogP contribution >= 0.6 is 11.6 Å². The summed E-state index contributed by atoms with van der Waals surface area (Å²) in [6.07, 6.45) is 0.210. The Labute approximate surface area is 160 Å². The Morgan fingerprint density at radius 1 is 1.22 bits per heavy atom. The van der Waals surface area contributed by atoms with E-state index in [1.165, 1.54) is 12.1 Å². The van der Waals surface area contributed by atoms with E-state index in [0.717, 1.165) is 26.2 Å². The van der Waals surface area contributed by atoms with Gasteiger partial charge < -0.3 is 10.3 Å². The van der Waals surface area contributed by atoms with E-state index in [1.807, 2.05) is 0 Å². The number of halogens is 2. The number of aliphatic hydroxyl groups is 1. The third-order valence-electron chi connectivity index (χ3n) is 4.56. The number of oxime groups is 1. The van der Waals surface area contributed by atoms with Gasteiger partial charge in [-0.3, -0.25) is 9.80 Å². The number of hydrogen-bond donors (Lipinski definition) is 2. The molecule has 0 bridgehead atoms. The van der Waals surface area contributed by atoms with Crippen LogP contribution in [-0.4, -0.2) is 75.5 Å². The van der Waals surface area contributed by atoms with E-state index >= 15 is 0 Å². The summed E-state index contributed by atoms with van der Waals surface area (Å²) in [5.41, 5.74) is 1.90. The summed E-state index contributed by atoms with van der Waals surface area (Å²) in [6.45, 7) is 4.70. The van der Waals surface area contributed by atoms with Gasteiger partial charge in [-0.05, 0) is 22.9 Å². The Morgan fingerprint density at radius 2 is 1.96 bits per heavy atom. The molecule has 0 spiro atoms. The minimum atomic E-state index is -0.507. The lowest BCUT2D eigenvalue weighted by atomic mass is 10.0. The molecule has 27 heavy (non-hydrogen) atoms. The zero-order chi connectivity index (χ0) is 19.2. The van der Waals surface area contributed by atoms with Gasteiger partial charge in [0.2, 0.25) is 0 Å². The van der Waals surface area contributed by atoms with Crippen LogP contribution in [0.1, 0.15) is 17.0 Å². The second kappa shape index (κ2) is 9.23. The van der Waals surface area contributed by atoms with Gasteiger partial charge in [0.15, 0.2) is 5.69 Å². The van der Waals surface area contributed by atoms with Gasteiger partial charge in [-0.1, -0.05) is 28.0 Å². The fraction of sp³-hybridized carbons (Fsp3) is 0.471. The van der Waals surface area contributed by atoms with Crippen LogP contribution in [0.5, 0.6) is 0 Å². The average molecular weight is 398 g/mol. The van der Waals surface area contributed by atoms with E-state index in [-0.39, 0.29) is 23.8 Å². The van der Waals surface area contributed by atoms with Crippen LogP contribution in [0, 0.1) is 5.82 Å².